The second-order valence-corrected chi connectivity index (χ2v) is 9.05. The molecule has 0 fully saturated rings. The number of halogens is 1. The zero-order valence-electron chi connectivity index (χ0n) is 18.5. The van der Waals surface area contributed by atoms with Gasteiger partial charge in [-0.15, -0.1) is 0 Å². The van der Waals surface area contributed by atoms with Crippen LogP contribution >= 0.6 is 11.6 Å². The number of hydrogen-bond donors (Lipinski definition) is 0. The molecule has 0 saturated heterocycles. The highest BCUT2D eigenvalue weighted by Gasteiger charge is 2.27. The summed E-state index contributed by atoms with van der Waals surface area (Å²) < 4.78 is 42.4. The SMILES string of the molecule is CCN(CC)S(=O)(=O)c1ccc(Cl)c(C(=O)O[C@H](C)C(=O)c2ccc(OC)cc2OC)c1. The van der Waals surface area contributed by atoms with E-state index >= 15 is 0 Å². The van der Waals surface area contributed by atoms with Gasteiger partial charge in [0.2, 0.25) is 15.8 Å². The van der Waals surface area contributed by atoms with Crippen LogP contribution in [0.4, 0.5) is 0 Å². The fourth-order valence-electron chi connectivity index (χ4n) is 3.03. The summed E-state index contributed by atoms with van der Waals surface area (Å²) in [6.07, 6.45) is -1.18. The summed E-state index contributed by atoms with van der Waals surface area (Å²) in [6.45, 7) is 5.39. The second kappa shape index (κ2) is 10.8. The smallest absolute Gasteiger partial charge is 0.340 e. The second-order valence-electron chi connectivity index (χ2n) is 6.71. The monoisotopic (exact) mass is 483 g/mol. The average Bonchev–Trinajstić information content (AvgIpc) is 2.78. The zero-order valence-corrected chi connectivity index (χ0v) is 20.1. The quantitative estimate of drug-likeness (QED) is 0.374. The predicted molar refractivity (Wildman–Crippen MR) is 120 cm³/mol. The molecule has 0 aromatic heterocycles. The molecule has 0 spiro atoms. The van der Waals surface area contributed by atoms with E-state index in [2.05, 4.69) is 0 Å². The van der Waals surface area contributed by atoms with E-state index < -0.39 is 27.9 Å². The fraction of sp³-hybridized carbons (Fsp3) is 0.364. The highest BCUT2D eigenvalue weighted by atomic mass is 35.5. The molecular formula is C22H26ClNO7S. The van der Waals surface area contributed by atoms with Crippen molar-refractivity contribution >= 4 is 33.4 Å². The summed E-state index contributed by atoms with van der Waals surface area (Å²) in [7, 11) is -0.914. The summed E-state index contributed by atoms with van der Waals surface area (Å²) in [6, 6.07) is 8.43. The molecule has 1 atom stereocenters. The van der Waals surface area contributed by atoms with Crippen LogP contribution in [0.3, 0.4) is 0 Å². The highest BCUT2D eigenvalue weighted by Crippen LogP contribution is 2.27. The van der Waals surface area contributed by atoms with Crippen LogP contribution in [-0.2, 0) is 14.8 Å². The van der Waals surface area contributed by atoms with Gasteiger partial charge in [-0.25, -0.2) is 13.2 Å². The van der Waals surface area contributed by atoms with Gasteiger partial charge in [0.05, 0.1) is 35.3 Å². The Labute approximate surface area is 193 Å². The van der Waals surface area contributed by atoms with Crippen LogP contribution in [0.1, 0.15) is 41.5 Å². The Bertz CT molecular complexity index is 1100. The minimum atomic E-state index is -3.81. The van der Waals surface area contributed by atoms with Gasteiger partial charge >= 0.3 is 5.97 Å². The van der Waals surface area contributed by atoms with Crippen molar-refractivity contribution in [3.63, 3.8) is 0 Å². The first-order chi connectivity index (χ1) is 15.1. The Morgan fingerprint density at radius 3 is 2.22 bits per heavy atom. The van der Waals surface area contributed by atoms with Gasteiger partial charge < -0.3 is 14.2 Å². The van der Waals surface area contributed by atoms with Gasteiger partial charge in [-0.2, -0.15) is 4.31 Å². The van der Waals surface area contributed by atoms with Gasteiger partial charge in [-0.3, -0.25) is 4.79 Å². The number of hydrogen-bond acceptors (Lipinski definition) is 7. The van der Waals surface area contributed by atoms with Crippen LogP contribution in [0.25, 0.3) is 0 Å². The molecule has 2 aromatic rings. The summed E-state index contributed by atoms with van der Waals surface area (Å²) in [4.78, 5) is 25.5. The molecule has 174 valence electrons. The number of ether oxygens (including phenoxy) is 3. The van der Waals surface area contributed by atoms with Crippen molar-refractivity contribution in [1.82, 2.24) is 4.31 Å². The molecule has 0 unspecified atom stereocenters. The van der Waals surface area contributed by atoms with Gasteiger partial charge in [0.1, 0.15) is 11.5 Å². The van der Waals surface area contributed by atoms with Crippen molar-refractivity contribution < 1.29 is 32.2 Å². The number of Topliss-reactive ketones (excluding diaryl/α,β-unsaturated/α-hetero) is 1. The van der Waals surface area contributed by atoms with Gasteiger partial charge in [-0.05, 0) is 37.3 Å². The Balaban J connectivity index is 2.30. The van der Waals surface area contributed by atoms with Crippen molar-refractivity contribution in [2.75, 3.05) is 27.3 Å². The van der Waals surface area contributed by atoms with Crippen molar-refractivity contribution in [2.45, 2.75) is 31.8 Å². The van der Waals surface area contributed by atoms with Crippen molar-refractivity contribution in [2.24, 2.45) is 0 Å². The van der Waals surface area contributed by atoms with Crippen LogP contribution in [0, 0.1) is 0 Å². The lowest BCUT2D eigenvalue weighted by molar-refractivity contribution is 0.0317. The maximum absolute atomic E-state index is 12.8. The molecule has 10 heteroatoms. The van der Waals surface area contributed by atoms with Gasteiger partial charge in [0, 0.05) is 19.2 Å². The molecule has 0 saturated carbocycles. The lowest BCUT2D eigenvalue weighted by Crippen LogP contribution is -2.31. The van der Waals surface area contributed by atoms with E-state index in [1.165, 1.54) is 43.6 Å². The molecule has 0 N–H and O–H groups in total. The van der Waals surface area contributed by atoms with Gasteiger partial charge in [0.15, 0.2) is 6.10 Å². The van der Waals surface area contributed by atoms with Crippen LogP contribution in [0.2, 0.25) is 5.02 Å². The van der Waals surface area contributed by atoms with Crippen molar-refractivity contribution in [3.8, 4) is 11.5 Å². The van der Waals surface area contributed by atoms with Crippen LogP contribution in [0.15, 0.2) is 41.3 Å². The molecule has 0 aliphatic heterocycles. The maximum Gasteiger partial charge on any atom is 0.340 e. The number of carbonyl (C=O) groups is 2. The Morgan fingerprint density at radius 2 is 1.66 bits per heavy atom. The number of esters is 1. The molecule has 0 heterocycles. The molecule has 2 aromatic carbocycles. The molecule has 0 bridgehead atoms. The third kappa shape index (κ3) is 5.40. The normalized spacial score (nSPS) is 12.3. The topological polar surface area (TPSA) is 99.2 Å². The summed E-state index contributed by atoms with van der Waals surface area (Å²) in [5.74, 6) is -0.649. The van der Waals surface area contributed by atoms with E-state index in [0.29, 0.717) is 5.75 Å². The lowest BCUT2D eigenvalue weighted by atomic mass is 10.1. The number of rotatable bonds is 10. The molecule has 2 rings (SSSR count). The van der Waals surface area contributed by atoms with E-state index in [-0.39, 0.29) is 39.9 Å². The van der Waals surface area contributed by atoms with Gasteiger partial charge in [-0.1, -0.05) is 25.4 Å². The first kappa shape index (κ1) is 25.6. The summed E-state index contributed by atoms with van der Waals surface area (Å²) in [5, 5.41) is 0.00942. The molecule has 0 radical (unpaired) electrons. The fourth-order valence-corrected chi connectivity index (χ4v) is 4.71. The van der Waals surface area contributed by atoms with Crippen LogP contribution in [0.5, 0.6) is 11.5 Å². The third-order valence-electron chi connectivity index (χ3n) is 4.83. The number of sulfonamides is 1. The lowest BCUT2D eigenvalue weighted by Gasteiger charge is -2.19. The molecule has 8 nitrogen and oxygen atoms in total. The summed E-state index contributed by atoms with van der Waals surface area (Å²) in [5.41, 5.74) is 0.0544. The van der Waals surface area contributed by atoms with Crippen molar-refractivity contribution in [1.29, 1.82) is 0 Å². The first-order valence-corrected chi connectivity index (χ1v) is 11.7. The standard InChI is InChI=1S/C22H26ClNO7S/c1-6-24(7-2)32(27,28)16-9-11-19(23)18(13-16)22(26)31-14(3)21(25)17-10-8-15(29-4)12-20(17)30-5/h8-14H,6-7H2,1-5H3/t14-/m1/s1. The minimum absolute atomic E-state index is 0.00942. The predicted octanol–water partition coefficient (Wildman–Crippen LogP) is 3.82. The number of nitrogens with zero attached hydrogens (tertiary/aromatic N) is 1. The first-order valence-electron chi connectivity index (χ1n) is 9.87. The number of ketones is 1. The Morgan fingerprint density at radius 1 is 1.00 bits per heavy atom. The summed E-state index contributed by atoms with van der Waals surface area (Å²) >= 11 is 6.12. The van der Waals surface area contributed by atoms with Gasteiger partial charge in [0.25, 0.3) is 0 Å². The third-order valence-corrected chi connectivity index (χ3v) is 7.20. The molecule has 0 aliphatic carbocycles. The van der Waals surface area contributed by atoms with E-state index in [0.717, 1.165) is 6.07 Å². The van der Waals surface area contributed by atoms with Crippen LogP contribution < -0.4 is 9.47 Å². The van der Waals surface area contributed by atoms with Crippen LogP contribution in [-0.4, -0.2) is 57.9 Å². The van der Waals surface area contributed by atoms with E-state index in [4.69, 9.17) is 25.8 Å². The number of benzene rings is 2. The minimum Gasteiger partial charge on any atom is -0.497 e. The van der Waals surface area contributed by atoms with E-state index in [1.54, 1.807) is 26.0 Å². The Hall–Kier alpha value is -2.62. The number of carbonyl (C=O) groups excluding carboxylic acids is 2. The highest BCUT2D eigenvalue weighted by molar-refractivity contribution is 7.89. The zero-order chi connectivity index (χ0) is 24.1. The largest absolute Gasteiger partial charge is 0.497 e. The average molecular weight is 484 g/mol. The van der Waals surface area contributed by atoms with E-state index in [1.807, 2.05) is 0 Å². The van der Waals surface area contributed by atoms with Crippen molar-refractivity contribution in [3.05, 3.63) is 52.5 Å². The van der Waals surface area contributed by atoms with E-state index in [9.17, 15) is 18.0 Å². The Kier molecular flexibility index (Phi) is 8.65. The molecule has 0 aliphatic rings. The molecule has 32 heavy (non-hydrogen) atoms. The molecule has 0 amide bonds. The maximum atomic E-state index is 12.8. The molecular weight excluding hydrogens is 458 g/mol. The number of methoxy groups -OCH3 is 2.